The molecule has 1 N–H and O–H groups in total. The number of aliphatic hydroxyl groups excluding tert-OH is 1. The van der Waals surface area contributed by atoms with Gasteiger partial charge in [0.15, 0.2) is 0 Å². The Balaban J connectivity index is 2.12. The van der Waals surface area contributed by atoms with Crippen LogP contribution in [0.3, 0.4) is 0 Å². The SMILES string of the molecule is CC1(C)CC1C(O)c1ccccn1. The van der Waals surface area contributed by atoms with Crippen molar-refractivity contribution in [1.82, 2.24) is 4.98 Å². The zero-order valence-electron chi connectivity index (χ0n) is 8.07. The van der Waals surface area contributed by atoms with Crippen LogP contribution in [0.25, 0.3) is 0 Å². The summed E-state index contributed by atoms with van der Waals surface area (Å²) in [5, 5.41) is 9.93. The molecule has 0 aliphatic heterocycles. The van der Waals surface area contributed by atoms with E-state index in [0.717, 1.165) is 12.1 Å². The molecule has 0 amide bonds. The van der Waals surface area contributed by atoms with Gasteiger partial charge in [0.05, 0.1) is 11.8 Å². The maximum Gasteiger partial charge on any atom is 0.0993 e. The Bertz CT molecular complexity index is 294. The predicted octanol–water partition coefficient (Wildman–Crippen LogP) is 2.16. The molecule has 0 radical (unpaired) electrons. The Labute approximate surface area is 78.6 Å². The van der Waals surface area contributed by atoms with Crippen molar-refractivity contribution >= 4 is 0 Å². The number of pyridine rings is 1. The zero-order chi connectivity index (χ0) is 9.47. The van der Waals surface area contributed by atoms with Crippen LogP contribution in [0.1, 0.15) is 32.1 Å². The van der Waals surface area contributed by atoms with Gasteiger partial charge in [0.1, 0.15) is 0 Å². The van der Waals surface area contributed by atoms with Crippen molar-refractivity contribution in [3.63, 3.8) is 0 Å². The minimum atomic E-state index is -0.379. The lowest BCUT2D eigenvalue weighted by molar-refractivity contribution is 0.134. The summed E-state index contributed by atoms with van der Waals surface area (Å²) < 4.78 is 0. The topological polar surface area (TPSA) is 33.1 Å². The fourth-order valence-corrected chi connectivity index (χ4v) is 1.80. The smallest absolute Gasteiger partial charge is 0.0993 e. The molecule has 2 atom stereocenters. The minimum absolute atomic E-state index is 0.303. The molecule has 1 aromatic heterocycles. The largest absolute Gasteiger partial charge is 0.386 e. The highest BCUT2D eigenvalue weighted by atomic mass is 16.3. The van der Waals surface area contributed by atoms with Crippen molar-refractivity contribution in [2.75, 3.05) is 0 Å². The third-order valence-corrected chi connectivity index (χ3v) is 2.96. The summed E-state index contributed by atoms with van der Waals surface area (Å²) in [7, 11) is 0. The van der Waals surface area contributed by atoms with Crippen LogP contribution >= 0.6 is 0 Å². The van der Waals surface area contributed by atoms with E-state index in [1.165, 1.54) is 0 Å². The molecule has 2 unspecified atom stereocenters. The third kappa shape index (κ3) is 1.59. The number of rotatable bonds is 2. The molecule has 0 saturated heterocycles. The van der Waals surface area contributed by atoms with Crippen LogP contribution in [0.2, 0.25) is 0 Å². The van der Waals surface area contributed by atoms with E-state index in [0.29, 0.717) is 11.3 Å². The van der Waals surface area contributed by atoms with Crippen molar-refractivity contribution in [1.29, 1.82) is 0 Å². The molecule has 0 bridgehead atoms. The van der Waals surface area contributed by atoms with E-state index in [1.54, 1.807) is 6.20 Å². The van der Waals surface area contributed by atoms with Crippen LogP contribution in [-0.2, 0) is 0 Å². The lowest BCUT2D eigenvalue weighted by Gasteiger charge is -2.11. The molecular formula is C11H15NO. The van der Waals surface area contributed by atoms with Gasteiger partial charge in [0, 0.05) is 6.20 Å². The van der Waals surface area contributed by atoms with Crippen LogP contribution in [0.5, 0.6) is 0 Å². The van der Waals surface area contributed by atoms with Crippen molar-refractivity contribution in [2.45, 2.75) is 26.4 Å². The number of hydrogen-bond donors (Lipinski definition) is 1. The van der Waals surface area contributed by atoms with Gasteiger partial charge < -0.3 is 5.11 Å². The fraction of sp³-hybridized carbons (Fsp3) is 0.545. The third-order valence-electron chi connectivity index (χ3n) is 2.96. The van der Waals surface area contributed by atoms with Crippen molar-refractivity contribution in [3.8, 4) is 0 Å². The van der Waals surface area contributed by atoms with Crippen molar-refractivity contribution in [2.24, 2.45) is 11.3 Å². The molecule has 1 aliphatic rings. The van der Waals surface area contributed by atoms with Gasteiger partial charge in [-0.3, -0.25) is 4.98 Å². The molecule has 1 aliphatic carbocycles. The Morgan fingerprint density at radius 1 is 1.54 bits per heavy atom. The van der Waals surface area contributed by atoms with Crippen molar-refractivity contribution in [3.05, 3.63) is 30.1 Å². The Hall–Kier alpha value is -0.890. The fourth-order valence-electron chi connectivity index (χ4n) is 1.80. The summed E-state index contributed by atoms with van der Waals surface area (Å²) in [6.45, 7) is 4.37. The van der Waals surface area contributed by atoms with E-state index < -0.39 is 0 Å². The van der Waals surface area contributed by atoms with E-state index >= 15 is 0 Å². The molecule has 2 heteroatoms. The first-order valence-electron chi connectivity index (χ1n) is 4.70. The molecule has 1 aromatic rings. The van der Waals surface area contributed by atoms with Gasteiger partial charge in [0.25, 0.3) is 0 Å². The first-order chi connectivity index (χ1) is 6.11. The summed E-state index contributed by atoms with van der Waals surface area (Å²) in [6, 6.07) is 5.67. The summed E-state index contributed by atoms with van der Waals surface area (Å²) in [5.74, 6) is 0.391. The lowest BCUT2D eigenvalue weighted by atomic mass is 10.0. The molecule has 1 saturated carbocycles. The van der Waals surface area contributed by atoms with Gasteiger partial charge in [-0.05, 0) is 29.9 Å². The first-order valence-corrected chi connectivity index (χ1v) is 4.70. The summed E-state index contributed by atoms with van der Waals surface area (Å²) in [6.07, 6.45) is 2.45. The van der Waals surface area contributed by atoms with E-state index in [2.05, 4.69) is 18.8 Å². The molecule has 1 fully saturated rings. The maximum atomic E-state index is 9.93. The van der Waals surface area contributed by atoms with Crippen LogP contribution in [0.15, 0.2) is 24.4 Å². The molecular weight excluding hydrogens is 162 g/mol. The average molecular weight is 177 g/mol. The molecule has 0 aromatic carbocycles. The molecule has 2 nitrogen and oxygen atoms in total. The van der Waals surface area contributed by atoms with E-state index in [9.17, 15) is 5.11 Å². The normalized spacial score (nSPS) is 26.8. The summed E-state index contributed by atoms with van der Waals surface area (Å²) in [5.41, 5.74) is 1.11. The van der Waals surface area contributed by atoms with Gasteiger partial charge in [-0.25, -0.2) is 0 Å². The second-order valence-corrected chi connectivity index (χ2v) is 4.50. The van der Waals surface area contributed by atoms with Crippen LogP contribution in [0.4, 0.5) is 0 Å². The van der Waals surface area contributed by atoms with Crippen LogP contribution < -0.4 is 0 Å². The van der Waals surface area contributed by atoms with E-state index in [4.69, 9.17) is 0 Å². The van der Waals surface area contributed by atoms with Gasteiger partial charge in [-0.15, -0.1) is 0 Å². The van der Waals surface area contributed by atoms with Gasteiger partial charge in [-0.1, -0.05) is 19.9 Å². The number of hydrogen-bond acceptors (Lipinski definition) is 2. The number of nitrogens with zero attached hydrogens (tertiary/aromatic N) is 1. The maximum absolute atomic E-state index is 9.93. The molecule has 1 heterocycles. The quantitative estimate of drug-likeness (QED) is 0.751. The Morgan fingerprint density at radius 2 is 2.23 bits per heavy atom. The van der Waals surface area contributed by atoms with Crippen LogP contribution in [-0.4, -0.2) is 10.1 Å². The van der Waals surface area contributed by atoms with Gasteiger partial charge >= 0.3 is 0 Å². The minimum Gasteiger partial charge on any atom is -0.386 e. The highest BCUT2D eigenvalue weighted by molar-refractivity contribution is 5.13. The average Bonchev–Trinajstić information content (AvgIpc) is 2.76. The van der Waals surface area contributed by atoms with Crippen LogP contribution in [0, 0.1) is 11.3 Å². The summed E-state index contributed by atoms with van der Waals surface area (Å²) in [4.78, 5) is 4.16. The van der Waals surface area contributed by atoms with Crippen molar-refractivity contribution < 1.29 is 5.11 Å². The Morgan fingerprint density at radius 3 is 2.69 bits per heavy atom. The number of aliphatic hydroxyl groups is 1. The lowest BCUT2D eigenvalue weighted by Crippen LogP contribution is -2.06. The zero-order valence-corrected chi connectivity index (χ0v) is 8.07. The standard InChI is InChI=1S/C11H15NO/c1-11(2)7-8(11)10(13)9-5-3-4-6-12-9/h3-6,8,10,13H,7H2,1-2H3. The molecule has 70 valence electrons. The number of aromatic nitrogens is 1. The molecule has 2 rings (SSSR count). The predicted molar refractivity (Wildman–Crippen MR) is 51.1 cm³/mol. The Kier molecular flexibility index (Phi) is 1.88. The highest BCUT2D eigenvalue weighted by Crippen LogP contribution is 2.57. The highest BCUT2D eigenvalue weighted by Gasteiger charge is 2.50. The molecule has 0 spiro atoms. The van der Waals surface area contributed by atoms with Gasteiger partial charge in [0.2, 0.25) is 0 Å². The monoisotopic (exact) mass is 177 g/mol. The first kappa shape index (κ1) is 8.70. The van der Waals surface area contributed by atoms with E-state index in [1.807, 2.05) is 18.2 Å². The second-order valence-electron chi connectivity index (χ2n) is 4.50. The van der Waals surface area contributed by atoms with E-state index in [-0.39, 0.29) is 6.10 Å². The van der Waals surface area contributed by atoms with Gasteiger partial charge in [-0.2, -0.15) is 0 Å². The second kappa shape index (κ2) is 2.81. The molecule has 13 heavy (non-hydrogen) atoms. The summed E-state index contributed by atoms with van der Waals surface area (Å²) >= 11 is 0.